The molecule has 2 saturated heterocycles. The van der Waals surface area contributed by atoms with Crippen LogP contribution in [-0.2, 0) is 0 Å². The predicted molar refractivity (Wildman–Crippen MR) is 76.8 cm³/mol. The van der Waals surface area contributed by atoms with Crippen molar-refractivity contribution in [2.45, 2.75) is 31.7 Å². The minimum Gasteiger partial charge on any atom is -0.347 e. The molecule has 0 unspecified atom stereocenters. The molecule has 2 aliphatic heterocycles. The van der Waals surface area contributed by atoms with E-state index in [1.165, 1.54) is 12.8 Å². The summed E-state index contributed by atoms with van der Waals surface area (Å²) in [5.41, 5.74) is 0.465. The van der Waals surface area contributed by atoms with E-state index in [-0.39, 0.29) is 11.9 Å². The second-order valence-electron chi connectivity index (χ2n) is 5.45. The number of hydrogen-bond donors (Lipinski definition) is 2. The topological polar surface area (TPSA) is 70.2 Å². The first-order valence-corrected chi connectivity index (χ1v) is 7.42. The zero-order chi connectivity index (χ0) is 13.8. The molecule has 3 heterocycles. The summed E-state index contributed by atoms with van der Waals surface area (Å²) in [5.74, 6) is 0.582. The van der Waals surface area contributed by atoms with Crippen molar-refractivity contribution in [3.63, 3.8) is 0 Å². The largest absolute Gasteiger partial charge is 0.347 e. The van der Waals surface area contributed by atoms with E-state index in [9.17, 15) is 4.79 Å². The summed E-state index contributed by atoms with van der Waals surface area (Å²) in [6, 6.07) is 1.90. The Morgan fingerprint density at radius 3 is 2.95 bits per heavy atom. The predicted octanol–water partition coefficient (Wildman–Crippen LogP) is 0.559. The first-order valence-electron chi connectivity index (χ1n) is 7.42. The lowest BCUT2D eigenvalue weighted by atomic mass is 10.1. The molecule has 108 valence electrons. The van der Waals surface area contributed by atoms with Crippen molar-refractivity contribution in [1.29, 1.82) is 0 Å². The number of amides is 1. The van der Waals surface area contributed by atoms with Crippen molar-refractivity contribution in [3.8, 4) is 0 Å². The van der Waals surface area contributed by atoms with Crippen LogP contribution < -0.4 is 15.5 Å². The minimum absolute atomic E-state index is 0.0958. The lowest BCUT2D eigenvalue weighted by Gasteiger charge is -2.23. The standard InChI is InChI=1S/C14H21N5O/c20-13(17-11-4-3-6-15-10-11)12-5-7-16-14(18-12)19-8-1-2-9-19/h5,7,11,15H,1-4,6,8-10H2,(H,17,20)/t11-/m0/s1. The monoisotopic (exact) mass is 275 g/mol. The van der Waals surface area contributed by atoms with Gasteiger partial charge in [-0.05, 0) is 38.3 Å². The van der Waals surface area contributed by atoms with Crippen LogP contribution in [0.1, 0.15) is 36.2 Å². The molecule has 1 atom stereocenters. The molecular weight excluding hydrogens is 254 g/mol. The first kappa shape index (κ1) is 13.3. The number of nitrogens with zero attached hydrogens (tertiary/aromatic N) is 3. The number of hydrogen-bond acceptors (Lipinski definition) is 5. The highest BCUT2D eigenvalue weighted by molar-refractivity contribution is 5.92. The van der Waals surface area contributed by atoms with Gasteiger partial charge in [-0.2, -0.15) is 0 Å². The fraction of sp³-hybridized carbons (Fsp3) is 0.643. The number of aromatic nitrogens is 2. The van der Waals surface area contributed by atoms with Crippen molar-refractivity contribution in [2.75, 3.05) is 31.1 Å². The van der Waals surface area contributed by atoms with E-state index in [1.54, 1.807) is 12.3 Å². The Kier molecular flexibility index (Phi) is 4.11. The second-order valence-corrected chi connectivity index (χ2v) is 5.45. The third-order valence-electron chi connectivity index (χ3n) is 3.90. The van der Waals surface area contributed by atoms with Gasteiger partial charge >= 0.3 is 0 Å². The van der Waals surface area contributed by atoms with Gasteiger partial charge in [-0.25, -0.2) is 9.97 Å². The molecule has 1 amide bonds. The molecule has 0 bridgehead atoms. The van der Waals surface area contributed by atoms with Crippen molar-refractivity contribution >= 4 is 11.9 Å². The van der Waals surface area contributed by atoms with Gasteiger partial charge in [-0.3, -0.25) is 4.79 Å². The van der Waals surface area contributed by atoms with Crippen LogP contribution >= 0.6 is 0 Å². The maximum absolute atomic E-state index is 12.2. The molecule has 0 spiro atoms. The Balaban J connectivity index is 1.66. The van der Waals surface area contributed by atoms with Crippen LogP contribution in [0.5, 0.6) is 0 Å². The Hall–Kier alpha value is -1.69. The highest BCUT2D eigenvalue weighted by Gasteiger charge is 2.19. The Bertz CT molecular complexity index is 466. The molecule has 0 saturated carbocycles. The smallest absolute Gasteiger partial charge is 0.270 e. The zero-order valence-electron chi connectivity index (χ0n) is 11.6. The summed E-state index contributed by atoms with van der Waals surface area (Å²) in [7, 11) is 0. The quantitative estimate of drug-likeness (QED) is 0.843. The first-order chi connectivity index (χ1) is 9.83. The average molecular weight is 275 g/mol. The van der Waals surface area contributed by atoms with Crippen LogP contribution in [0.25, 0.3) is 0 Å². The highest BCUT2D eigenvalue weighted by atomic mass is 16.1. The highest BCUT2D eigenvalue weighted by Crippen LogP contribution is 2.15. The summed E-state index contributed by atoms with van der Waals surface area (Å²) in [6.45, 7) is 3.85. The minimum atomic E-state index is -0.0958. The Morgan fingerprint density at radius 1 is 1.35 bits per heavy atom. The molecule has 6 nitrogen and oxygen atoms in total. The van der Waals surface area contributed by atoms with E-state index in [1.807, 2.05) is 0 Å². The van der Waals surface area contributed by atoms with Crippen LogP contribution in [0.4, 0.5) is 5.95 Å². The number of anilines is 1. The molecule has 2 fully saturated rings. The number of piperidine rings is 1. The Morgan fingerprint density at radius 2 is 2.20 bits per heavy atom. The third-order valence-corrected chi connectivity index (χ3v) is 3.90. The molecule has 2 N–H and O–H groups in total. The maximum Gasteiger partial charge on any atom is 0.270 e. The average Bonchev–Trinajstić information content (AvgIpc) is 3.03. The maximum atomic E-state index is 12.2. The molecule has 0 aromatic carbocycles. The number of nitrogens with one attached hydrogen (secondary N) is 2. The van der Waals surface area contributed by atoms with Crippen LogP contribution in [0, 0.1) is 0 Å². The summed E-state index contributed by atoms with van der Waals surface area (Å²) in [4.78, 5) is 23.0. The molecule has 1 aromatic rings. The van der Waals surface area contributed by atoms with Gasteiger partial charge in [0.05, 0.1) is 0 Å². The van der Waals surface area contributed by atoms with Crippen molar-refractivity contribution in [2.24, 2.45) is 0 Å². The van der Waals surface area contributed by atoms with E-state index in [2.05, 4.69) is 25.5 Å². The second kappa shape index (κ2) is 6.17. The lowest BCUT2D eigenvalue weighted by molar-refractivity contribution is 0.0925. The van der Waals surface area contributed by atoms with Crippen LogP contribution in [0.3, 0.4) is 0 Å². The van der Waals surface area contributed by atoms with Gasteiger partial charge in [-0.1, -0.05) is 0 Å². The van der Waals surface area contributed by atoms with Gasteiger partial charge in [0.2, 0.25) is 5.95 Å². The third kappa shape index (κ3) is 3.07. The fourth-order valence-corrected chi connectivity index (χ4v) is 2.78. The van der Waals surface area contributed by atoms with Gasteiger partial charge in [-0.15, -0.1) is 0 Å². The van der Waals surface area contributed by atoms with E-state index in [0.29, 0.717) is 11.6 Å². The number of rotatable bonds is 3. The summed E-state index contributed by atoms with van der Waals surface area (Å²) < 4.78 is 0. The molecule has 2 aliphatic rings. The molecule has 0 aliphatic carbocycles. The van der Waals surface area contributed by atoms with Crippen molar-refractivity contribution in [3.05, 3.63) is 18.0 Å². The summed E-state index contributed by atoms with van der Waals surface area (Å²) in [5, 5.41) is 6.33. The number of carbonyl (C=O) groups is 1. The zero-order valence-corrected chi connectivity index (χ0v) is 11.6. The molecule has 1 aromatic heterocycles. The molecule has 6 heteroatoms. The van der Waals surface area contributed by atoms with Crippen LogP contribution in [0.2, 0.25) is 0 Å². The van der Waals surface area contributed by atoms with Gasteiger partial charge in [0.1, 0.15) is 5.69 Å². The summed E-state index contributed by atoms with van der Waals surface area (Å²) in [6.07, 6.45) is 6.16. The van der Waals surface area contributed by atoms with Gasteiger partial charge in [0, 0.05) is 31.9 Å². The van der Waals surface area contributed by atoms with E-state index in [4.69, 9.17) is 0 Å². The van der Waals surface area contributed by atoms with Gasteiger partial charge in [0.15, 0.2) is 0 Å². The van der Waals surface area contributed by atoms with Gasteiger partial charge < -0.3 is 15.5 Å². The van der Waals surface area contributed by atoms with Crippen molar-refractivity contribution in [1.82, 2.24) is 20.6 Å². The molecule has 3 rings (SSSR count). The molecule has 0 radical (unpaired) electrons. The van der Waals surface area contributed by atoms with Gasteiger partial charge in [0.25, 0.3) is 5.91 Å². The molecular formula is C14H21N5O. The van der Waals surface area contributed by atoms with Crippen molar-refractivity contribution < 1.29 is 4.79 Å². The normalized spacial score (nSPS) is 22.8. The van der Waals surface area contributed by atoms with E-state index >= 15 is 0 Å². The van der Waals surface area contributed by atoms with Crippen LogP contribution in [-0.4, -0.2) is 48.1 Å². The lowest BCUT2D eigenvalue weighted by Crippen LogP contribution is -2.45. The van der Waals surface area contributed by atoms with E-state index < -0.39 is 0 Å². The number of carbonyl (C=O) groups excluding carboxylic acids is 1. The molecule has 20 heavy (non-hydrogen) atoms. The fourth-order valence-electron chi connectivity index (χ4n) is 2.78. The SMILES string of the molecule is O=C(N[C@H]1CCCNC1)c1ccnc(N2CCCC2)n1. The summed E-state index contributed by atoms with van der Waals surface area (Å²) >= 11 is 0. The van der Waals surface area contributed by atoms with E-state index in [0.717, 1.165) is 39.0 Å². The Labute approximate surface area is 119 Å². The van der Waals surface area contributed by atoms with Crippen LogP contribution in [0.15, 0.2) is 12.3 Å².